The predicted molar refractivity (Wildman–Crippen MR) is 117 cm³/mol. The lowest BCUT2D eigenvalue weighted by atomic mass is 10.2. The molecule has 0 fully saturated rings. The molecule has 9 heteroatoms. The molecule has 0 bridgehead atoms. The van der Waals surface area contributed by atoms with Crippen molar-refractivity contribution in [2.45, 2.75) is 32.9 Å². The molecule has 0 saturated carbocycles. The van der Waals surface area contributed by atoms with Gasteiger partial charge in [-0.1, -0.05) is 42.3 Å². The lowest BCUT2D eigenvalue weighted by Crippen LogP contribution is -2.47. The SMILES string of the molecule is CCC(C)NC(=O)c1nn(-c2ccc(Cl)cc2)c(=O)n(Cc2cccc(Cl)c2)c1=O. The molecule has 1 aromatic heterocycles. The molecule has 30 heavy (non-hydrogen) atoms. The Morgan fingerprint density at radius 1 is 1.10 bits per heavy atom. The molecule has 3 aromatic rings. The van der Waals surface area contributed by atoms with E-state index in [9.17, 15) is 14.4 Å². The first-order chi connectivity index (χ1) is 14.3. The van der Waals surface area contributed by atoms with Crippen LogP contribution in [0.1, 0.15) is 36.3 Å². The van der Waals surface area contributed by atoms with Gasteiger partial charge >= 0.3 is 5.69 Å². The Hall–Kier alpha value is -2.90. The predicted octanol–water partition coefficient (Wildman–Crippen LogP) is 3.28. The van der Waals surface area contributed by atoms with Crippen LogP contribution in [0.2, 0.25) is 10.0 Å². The Balaban J connectivity index is 2.18. The van der Waals surface area contributed by atoms with Crippen molar-refractivity contribution in [2.75, 3.05) is 0 Å². The standard InChI is InChI=1S/C21H20Cl2N4O3/c1-3-13(2)24-19(28)18-20(29)26(12-14-5-4-6-16(23)11-14)21(30)27(25-18)17-9-7-15(22)8-10-17/h4-11,13H,3,12H2,1-2H3,(H,24,28). The van der Waals surface area contributed by atoms with Gasteiger partial charge in [0.15, 0.2) is 0 Å². The molecule has 7 nitrogen and oxygen atoms in total. The summed E-state index contributed by atoms with van der Waals surface area (Å²) in [7, 11) is 0. The van der Waals surface area contributed by atoms with Gasteiger partial charge in [-0.15, -0.1) is 0 Å². The van der Waals surface area contributed by atoms with Gasteiger partial charge < -0.3 is 5.32 Å². The van der Waals surface area contributed by atoms with Crippen LogP contribution >= 0.6 is 23.2 Å². The van der Waals surface area contributed by atoms with Gasteiger partial charge in [0.1, 0.15) is 0 Å². The van der Waals surface area contributed by atoms with Gasteiger partial charge in [-0.3, -0.25) is 14.2 Å². The maximum atomic E-state index is 13.1. The van der Waals surface area contributed by atoms with Crippen LogP contribution in [-0.2, 0) is 6.54 Å². The number of halogens is 2. The van der Waals surface area contributed by atoms with E-state index < -0.39 is 17.2 Å². The number of benzene rings is 2. The van der Waals surface area contributed by atoms with Crippen LogP contribution in [0.25, 0.3) is 5.69 Å². The van der Waals surface area contributed by atoms with Gasteiger partial charge in [0.2, 0.25) is 5.69 Å². The summed E-state index contributed by atoms with van der Waals surface area (Å²) < 4.78 is 1.99. The first kappa shape index (κ1) is 21.8. The van der Waals surface area contributed by atoms with E-state index in [1.165, 1.54) is 0 Å². The summed E-state index contributed by atoms with van der Waals surface area (Å²) in [5.41, 5.74) is -0.800. The van der Waals surface area contributed by atoms with Crippen LogP contribution in [0.3, 0.4) is 0 Å². The van der Waals surface area contributed by atoms with Crippen molar-refractivity contribution in [1.29, 1.82) is 0 Å². The van der Waals surface area contributed by atoms with Crippen molar-refractivity contribution in [2.24, 2.45) is 0 Å². The van der Waals surface area contributed by atoms with Crippen molar-refractivity contribution < 1.29 is 4.79 Å². The molecule has 0 aliphatic carbocycles. The Morgan fingerprint density at radius 2 is 1.80 bits per heavy atom. The van der Waals surface area contributed by atoms with Gasteiger partial charge in [-0.2, -0.15) is 9.78 Å². The highest BCUT2D eigenvalue weighted by atomic mass is 35.5. The molecule has 0 spiro atoms. The van der Waals surface area contributed by atoms with E-state index in [4.69, 9.17) is 23.2 Å². The van der Waals surface area contributed by atoms with Crippen molar-refractivity contribution in [3.05, 3.63) is 90.7 Å². The molecule has 1 N–H and O–H groups in total. The zero-order valence-corrected chi connectivity index (χ0v) is 17.9. The highest BCUT2D eigenvalue weighted by molar-refractivity contribution is 6.30. The molecule has 0 radical (unpaired) electrons. The minimum absolute atomic E-state index is 0.0576. The summed E-state index contributed by atoms with van der Waals surface area (Å²) in [5, 5.41) is 7.75. The minimum atomic E-state index is -0.772. The lowest BCUT2D eigenvalue weighted by molar-refractivity contribution is 0.0929. The normalized spacial score (nSPS) is 11.9. The largest absolute Gasteiger partial charge is 0.352 e. The Bertz CT molecular complexity index is 1190. The van der Waals surface area contributed by atoms with Crippen molar-refractivity contribution in [3.63, 3.8) is 0 Å². The third kappa shape index (κ3) is 4.80. The zero-order chi connectivity index (χ0) is 21.8. The minimum Gasteiger partial charge on any atom is -0.348 e. The number of rotatable bonds is 6. The molecule has 0 saturated heterocycles. The fraction of sp³-hybridized carbons (Fsp3) is 0.238. The molecule has 1 amide bonds. The van der Waals surface area contributed by atoms with Gasteiger partial charge in [0.05, 0.1) is 12.2 Å². The van der Waals surface area contributed by atoms with E-state index >= 15 is 0 Å². The fourth-order valence-electron chi connectivity index (χ4n) is 2.76. The third-order valence-electron chi connectivity index (χ3n) is 4.57. The molecule has 3 rings (SSSR count). The molecular weight excluding hydrogens is 427 g/mol. The van der Waals surface area contributed by atoms with E-state index in [0.717, 1.165) is 9.25 Å². The molecule has 1 atom stereocenters. The van der Waals surface area contributed by atoms with Crippen LogP contribution in [0.15, 0.2) is 58.1 Å². The number of hydrogen-bond acceptors (Lipinski definition) is 4. The molecule has 156 valence electrons. The number of hydrogen-bond donors (Lipinski definition) is 1. The zero-order valence-electron chi connectivity index (χ0n) is 16.4. The summed E-state index contributed by atoms with van der Waals surface area (Å²) in [6.07, 6.45) is 0.680. The second-order valence-corrected chi connectivity index (χ2v) is 7.70. The van der Waals surface area contributed by atoms with E-state index in [1.807, 2.05) is 13.8 Å². The third-order valence-corrected chi connectivity index (χ3v) is 5.05. The quantitative estimate of drug-likeness (QED) is 0.629. The monoisotopic (exact) mass is 446 g/mol. The number of carbonyl (C=O) groups is 1. The lowest BCUT2D eigenvalue weighted by Gasteiger charge is -2.14. The summed E-state index contributed by atoms with van der Waals surface area (Å²) in [5.74, 6) is -0.642. The van der Waals surface area contributed by atoms with Crippen LogP contribution in [-0.4, -0.2) is 26.3 Å². The summed E-state index contributed by atoms with van der Waals surface area (Å²) in [6, 6.07) is 13.0. The topological polar surface area (TPSA) is 86.0 Å². The van der Waals surface area contributed by atoms with E-state index in [2.05, 4.69) is 10.4 Å². The van der Waals surface area contributed by atoms with Crippen LogP contribution in [0.5, 0.6) is 0 Å². The first-order valence-corrected chi connectivity index (χ1v) is 10.1. The first-order valence-electron chi connectivity index (χ1n) is 9.35. The van der Waals surface area contributed by atoms with E-state index in [-0.39, 0.29) is 18.3 Å². The molecule has 2 aromatic carbocycles. The smallest absolute Gasteiger partial charge is 0.348 e. The van der Waals surface area contributed by atoms with Gasteiger partial charge in [-0.25, -0.2) is 4.79 Å². The summed E-state index contributed by atoms with van der Waals surface area (Å²) >= 11 is 12.0. The van der Waals surface area contributed by atoms with Crippen molar-refractivity contribution in [1.82, 2.24) is 19.7 Å². The second kappa shape index (κ2) is 9.28. The molecular formula is C21H20Cl2N4O3. The van der Waals surface area contributed by atoms with E-state index in [1.54, 1.807) is 48.5 Å². The van der Waals surface area contributed by atoms with Crippen LogP contribution in [0.4, 0.5) is 0 Å². The number of nitrogens with zero attached hydrogens (tertiary/aromatic N) is 3. The molecule has 1 heterocycles. The Morgan fingerprint density at radius 3 is 2.43 bits per heavy atom. The fourth-order valence-corrected chi connectivity index (χ4v) is 3.10. The maximum absolute atomic E-state index is 13.1. The second-order valence-electron chi connectivity index (χ2n) is 6.82. The van der Waals surface area contributed by atoms with Crippen LogP contribution in [0, 0.1) is 0 Å². The molecule has 0 aliphatic rings. The van der Waals surface area contributed by atoms with E-state index in [0.29, 0.717) is 27.7 Å². The Kier molecular flexibility index (Phi) is 6.74. The maximum Gasteiger partial charge on any atom is 0.352 e. The number of aromatic nitrogens is 3. The van der Waals surface area contributed by atoms with Crippen LogP contribution < -0.4 is 16.6 Å². The van der Waals surface area contributed by atoms with Gasteiger partial charge in [-0.05, 0) is 55.3 Å². The number of nitrogens with one attached hydrogen (secondary N) is 1. The van der Waals surface area contributed by atoms with Gasteiger partial charge in [0, 0.05) is 16.1 Å². The van der Waals surface area contributed by atoms with Crippen molar-refractivity contribution in [3.8, 4) is 5.69 Å². The van der Waals surface area contributed by atoms with Crippen molar-refractivity contribution >= 4 is 29.1 Å². The average molecular weight is 447 g/mol. The highest BCUT2D eigenvalue weighted by Gasteiger charge is 2.21. The molecule has 0 aliphatic heterocycles. The number of carbonyl (C=O) groups excluding carboxylic acids is 1. The summed E-state index contributed by atoms with van der Waals surface area (Å²) in [4.78, 5) is 38.8. The molecule has 1 unspecified atom stereocenters. The van der Waals surface area contributed by atoms with Gasteiger partial charge in [0.25, 0.3) is 11.5 Å². The summed E-state index contributed by atoms with van der Waals surface area (Å²) in [6.45, 7) is 3.67. The Labute approximate surface area is 182 Å². The number of amides is 1. The highest BCUT2D eigenvalue weighted by Crippen LogP contribution is 2.12. The average Bonchev–Trinajstić information content (AvgIpc) is 2.72.